The molecule has 1 unspecified atom stereocenters. The molecule has 0 N–H and O–H groups in total. The number of nitrogens with zero attached hydrogens (tertiary/aromatic N) is 1. The van der Waals surface area contributed by atoms with E-state index < -0.39 is 6.10 Å². The van der Waals surface area contributed by atoms with Crippen molar-refractivity contribution in [3.63, 3.8) is 0 Å². The van der Waals surface area contributed by atoms with Crippen LogP contribution in [0.3, 0.4) is 0 Å². The maximum absolute atomic E-state index is 12.7. The van der Waals surface area contributed by atoms with Crippen molar-refractivity contribution in [1.29, 1.82) is 0 Å². The summed E-state index contributed by atoms with van der Waals surface area (Å²) in [7, 11) is 0. The highest BCUT2D eigenvalue weighted by Gasteiger charge is 2.30. The molecule has 0 saturated heterocycles. The number of rotatable bonds is 5. The van der Waals surface area contributed by atoms with E-state index in [2.05, 4.69) is 4.98 Å². The summed E-state index contributed by atoms with van der Waals surface area (Å²) in [5.74, 6) is 1.10. The molecule has 1 atom stereocenters. The van der Waals surface area contributed by atoms with Crippen LogP contribution in [0.25, 0.3) is 10.9 Å². The maximum atomic E-state index is 12.7. The van der Waals surface area contributed by atoms with Gasteiger partial charge in [-0.05, 0) is 44.2 Å². The van der Waals surface area contributed by atoms with Crippen molar-refractivity contribution >= 4 is 16.7 Å². The topological polar surface area (TPSA) is 57.6 Å². The van der Waals surface area contributed by atoms with E-state index in [-0.39, 0.29) is 18.5 Å². The Morgan fingerprint density at radius 1 is 1.15 bits per heavy atom. The molecule has 138 valence electrons. The Kier molecular flexibility index (Phi) is 4.77. The second-order valence-corrected chi connectivity index (χ2v) is 6.79. The summed E-state index contributed by atoms with van der Waals surface area (Å²) in [6, 6.07) is 17.2. The highest BCUT2D eigenvalue weighted by atomic mass is 16.5. The van der Waals surface area contributed by atoms with Gasteiger partial charge in [0.25, 0.3) is 0 Å². The summed E-state index contributed by atoms with van der Waals surface area (Å²) >= 11 is 0. The Labute approximate surface area is 157 Å². The van der Waals surface area contributed by atoms with Crippen molar-refractivity contribution in [3.8, 4) is 11.5 Å². The van der Waals surface area contributed by atoms with Gasteiger partial charge in [-0.25, -0.2) is 4.98 Å². The second-order valence-electron chi connectivity index (χ2n) is 6.79. The quantitative estimate of drug-likeness (QED) is 0.680. The van der Waals surface area contributed by atoms with Gasteiger partial charge in [0.1, 0.15) is 24.7 Å². The van der Waals surface area contributed by atoms with Gasteiger partial charge in [0.2, 0.25) is 0 Å². The molecule has 0 bridgehead atoms. The Hall–Kier alpha value is -2.92. The average molecular weight is 363 g/mol. The zero-order valence-corrected chi connectivity index (χ0v) is 15.3. The van der Waals surface area contributed by atoms with Crippen molar-refractivity contribution in [2.24, 2.45) is 0 Å². The molecule has 1 aliphatic heterocycles. The van der Waals surface area contributed by atoms with Gasteiger partial charge in [-0.3, -0.25) is 4.79 Å². The molecule has 0 aliphatic carbocycles. The molecule has 0 spiro atoms. The number of benzene rings is 2. The molecular formula is C22H21NO4. The number of Topliss-reactive ketones (excluding diaryl/α,β-unsaturated/α-hetero) is 1. The Morgan fingerprint density at radius 2 is 2.00 bits per heavy atom. The fraction of sp³-hybridized carbons (Fsp3) is 0.273. The number of carbonyl (C=O) groups is 1. The molecule has 0 fully saturated rings. The molecule has 1 aliphatic rings. The summed E-state index contributed by atoms with van der Waals surface area (Å²) in [5.41, 5.74) is 2.26. The fourth-order valence-electron chi connectivity index (χ4n) is 3.11. The lowest BCUT2D eigenvalue weighted by molar-refractivity contribution is -0.0120. The predicted molar refractivity (Wildman–Crippen MR) is 102 cm³/mol. The molecule has 2 heterocycles. The normalized spacial score (nSPS) is 16.3. The van der Waals surface area contributed by atoms with Crippen LogP contribution in [0.2, 0.25) is 0 Å². The third-order valence-corrected chi connectivity index (χ3v) is 4.38. The number of aromatic nitrogens is 1. The van der Waals surface area contributed by atoms with Gasteiger partial charge >= 0.3 is 0 Å². The van der Waals surface area contributed by atoms with Crippen LogP contribution in [0, 0.1) is 0 Å². The largest absolute Gasteiger partial charge is 0.490 e. The Balaban J connectivity index is 1.50. The summed E-state index contributed by atoms with van der Waals surface area (Å²) < 4.78 is 17.2. The molecule has 3 aromatic rings. The third kappa shape index (κ3) is 3.78. The van der Waals surface area contributed by atoms with E-state index in [0.717, 1.165) is 16.6 Å². The molecule has 0 saturated carbocycles. The van der Waals surface area contributed by atoms with Crippen LogP contribution >= 0.6 is 0 Å². The first-order valence-electron chi connectivity index (χ1n) is 9.04. The maximum Gasteiger partial charge on any atom is 0.198 e. The van der Waals surface area contributed by atoms with Crippen molar-refractivity contribution < 1.29 is 19.0 Å². The van der Waals surface area contributed by atoms with Gasteiger partial charge in [0.05, 0.1) is 22.9 Å². The van der Waals surface area contributed by atoms with Crippen LogP contribution in [-0.4, -0.2) is 29.6 Å². The zero-order chi connectivity index (χ0) is 18.8. The molecule has 0 radical (unpaired) electrons. The Bertz CT molecular complexity index is 983. The van der Waals surface area contributed by atoms with Gasteiger partial charge in [0.15, 0.2) is 11.9 Å². The lowest BCUT2D eigenvalue weighted by Crippen LogP contribution is -2.37. The van der Waals surface area contributed by atoms with Gasteiger partial charge in [-0.2, -0.15) is 0 Å². The van der Waals surface area contributed by atoms with Crippen LogP contribution in [0.1, 0.15) is 29.9 Å². The molecule has 5 heteroatoms. The fourth-order valence-corrected chi connectivity index (χ4v) is 3.11. The van der Waals surface area contributed by atoms with Gasteiger partial charge in [0, 0.05) is 5.39 Å². The van der Waals surface area contributed by atoms with Crippen LogP contribution in [-0.2, 0) is 11.3 Å². The number of fused-ring (bicyclic) bond motifs is 2. The zero-order valence-electron chi connectivity index (χ0n) is 15.3. The first kappa shape index (κ1) is 17.5. The highest BCUT2D eigenvalue weighted by Crippen LogP contribution is 2.30. The van der Waals surface area contributed by atoms with Gasteiger partial charge in [-0.15, -0.1) is 0 Å². The van der Waals surface area contributed by atoms with E-state index in [9.17, 15) is 4.79 Å². The summed E-state index contributed by atoms with van der Waals surface area (Å²) in [4.78, 5) is 17.3. The Morgan fingerprint density at radius 3 is 2.85 bits per heavy atom. The smallest absolute Gasteiger partial charge is 0.198 e. The van der Waals surface area contributed by atoms with Crippen LogP contribution in [0.15, 0.2) is 54.6 Å². The van der Waals surface area contributed by atoms with E-state index in [1.165, 1.54) is 0 Å². The summed E-state index contributed by atoms with van der Waals surface area (Å²) in [5, 5.41) is 1.09. The molecule has 2 aromatic carbocycles. The summed E-state index contributed by atoms with van der Waals surface area (Å²) in [6.45, 7) is 4.37. The van der Waals surface area contributed by atoms with Crippen molar-refractivity contribution in [2.45, 2.75) is 32.7 Å². The van der Waals surface area contributed by atoms with Crippen molar-refractivity contribution in [2.75, 3.05) is 6.61 Å². The number of hydrogen-bond donors (Lipinski definition) is 0. The lowest BCUT2D eigenvalue weighted by Gasteiger charge is -2.26. The van der Waals surface area contributed by atoms with E-state index in [1.54, 1.807) is 18.2 Å². The highest BCUT2D eigenvalue weighted by molar-refractivity contribution is 6.03. The number of carbonyl (C=O) groups excluding carboxylic acids is 1. The third-order valence-electron chi connectivity index (χ3n) is 4.38. The lowest BCUT2D eigenvalue weighted by atomic mass is 10.0. The van der Waals surface area contributed by atoms with Gasteiger partial charge < -0.3 is 14.2 Å². The van der Waals surface area contributed by atoms with E-state index in [1.807, 2.05) is 50.2 Å². The predicted octanol–water partition coefficient (Wildman–Crippen LogP) is 4.18. The minimum absolute atomic E-state index is 0.0393. The number of ether oxygens (including phenoxy) is 3. The molecule has 27 heavy (non-hydrogen) atoms. The average Bonchev–Trinajstić information content (AvgIpc) is 2.68. The number of ketones is 1. The molecule has 5 nitrogen and oxygen atoms in total. The molecule has 0 amide bonds. The van der Waals surface area contributed by atoms with Gasteiger partial charge in [-0.1, -0.05) is 24.3 Å². The number of pyridine rings is 1. The number of hydrogen-bond acceptors (Lipinski definition) is 5. The first-order valence-corrected chi connectivity index (χ1v) is 9.04. The SMILES string of the molecule is CC(C)OC1COc2ccc(OCc3ccc4ccccc4n3)cc2C1=O. The standard InChI is InChI=1S/C22H21NO4/c1-14(2)27-21-13-26-20-10-9-17(11-18(20)22(21)24)25-12-16-8-7-15-5-3-4-6-19(15)23-16/h3-11,14,21H,12-13H2,1-2H3. The molecule has 4 rings (SSSR count). The molecular weight excluding hydrogens is 342 g/mol. The van der Waals surface area contributed by atoms with Crippen LogP contribution in [0.4, 0.5) is 0 Å². The second kappa shape index (κ2) is 7.37. The van der Waals surface area contributed by atoms with E-state index >= 15 is 0 Å². The van der Waals surface area contributed by atoms with Crippen molar-refractivity contribution in [3.05, 3.63) is 65.9 Å². The van der Waals surface area contributed by atoms with Crippen LogP contribution in [0.5, 0.6) is 11.5 Å². The summed E-state index contributed by atoms with van der Waals surface area (Å²) in [6.07, 6.45) is -0.614. The minimum atomic E-state index is -0.574. The van der Waals surface area contributed by atoms with Crippen molar-refractivity contribution in [1.82, 2.24) is 4.98 Å². The van der Waals surface area contributed by atoms with Crippen LogP contribution < -0.4 is 9.47 Å². The molecule has 1 aromatic heterocycles. The van der Waals surface area contributed by atoms with E-state index in [0.29, 0.717) is 23.7 Å². The number of para-hydroxylation sites is 1. The van der Waals surface area contributed by atoms with E-state index in [4.69, 9.17) is 14.2 Å². The first-order chi connectivity index (χ1) is 13.1. The minimum Gasteiger partial charge on any atom is -0.490 e. The monoisotopic (exact) mass is 363 g/mol.